The zero-order valence-electron chi connectivity index (χ0n) is 13.3. The highest BCUT2D eigenvalue weighted by atomic mass is 35.5. The van der Waals surface area contributed by atoms with Gasteiger partial charge in [0.15, 0.2) is 0 Å². The lowest BCUT2D eigenvalue weighted by Crippen LogP contribution is -2.47. The Hall–Kier alpha value is -1.84. The quantitative estimate of drug-likeness (QED) is 0.928. The van der Waals surface area contributed by atoms with Gasteiger partial charge in [0.1, 0.15) is 0 Å². The first-order valence-electron chi connectivity index (χ1n) is 8.00. The van der Waals surface area contributed by atoms with Gasteiger partial charge in [0.2, 0.25) is 0 Å². The lowest BCUT2D eigenvalue weighted by atomic mass is 10.0. The van der Waals surface area contributed by atoms with Crippen LogP contribution < -0.4 is 5.32 Å². The molecule has 1 aliphatic heterocycles. The van der Waals surface area contributed by atoms with Crippen molar-refractivity contribution in [3.8, 4) is 11.1 Å². The van der Waals surface area contributed by atoms with E-state index in [-0.39, 0.29) is 5.91 Å². The molecule has 1 aliphatic rings. The first kappa shape index (κ1) is 16.0. The van der Waals surface area contributed by atoms with Crippen LogP contribution in [0, 0.1) is 0 Å². The number of amides is 1. The molecule has 1 heterocycles. The first-order valence-corrected chi connectivity index (χ1v) is 8.38. The number of carbonyl (C=O) groups excluding carboxylic acids is 1. The predicted molar refractivity (Wildman–Crippen MR) is 94.9 cm³/mol. The Balaban J connectivity index is 1.88. The molecular formula is C19H21ClN2O. The summed E-state index contributed by atoms with van der Waals surface area (Å²) in [5.74, 6) is 0.0210. The fraction of sp³-hybridized carbons (Fsp3) is 0.316. The molecule has 0 radical (unpaired) electrons. The molecule has 3 rings (SSSR count). The molecule has 3 nitrogen and oxygen atoms in total. The van der Waals surface area contributed by atoms with Crippen molar-refractivity contribution in [3.63, 3.8) is 0 Å². The van der Waals surface area contributed by atoms with Crippen LogP contribution in [-0.2, 0) is 0 Å². The Morgan fingerprint density at radius 2 is 1.96 bits per heavy atom. The minimum Gasteiger partial charge on any atom is -0.337 e. The van der Waals surface area contributed by atoms with Crippen molar-refractivity contribution in [2.75, 3.05) is 20.1 Å². The molecule has 1 saturated heterocycles. The number of nitrogens with zero attached hydrogens (tertiary/aromatic N) is 1. The van der Waals surface area contributed by atoms with E-state index >= 15 is 0 Å². The van der Waals surface area contributed by atoms with Gasteiger partial charge in [-0.05, 0) is 43.1 Å². The van der Waals surface area contributed by atoms with Crippen molar-refractivity contribution in [2.45, 2.75) is 18.9 Å². The number of benzene rings is 2. The number of hydrogen-bond donors (Lipinski definition) is 1. The zero-order valence-corrected chi connectivity index (χ0v) is 14.0. The summed E-state index contributed by atoms with van der Waals surface area (Å²) >= 11 is 6.30. The number of hydrogen-bond acceptors (Lipinski definition) is 2. The molecule has 0 saturated carbocycles. The monoisotopic (exact) mass is 328 g/mol. The number of rotatable bonds is 3. The second-order valence-electron chi connectivity index (χ2n) is 5.94. The third-order valence-corrected chi connectivity index (χ3v) is 4.75. The summed E-state index contributed by atoms with van der Waals surface area (Å²) in [5, 5.41) is 3.78. The largest absolute Gasteiger partial charge is 0.337 e. The predicted octanol–water partition coefficient (Wildman–Crippen LogP) is 3.83. The van der Waals surface area contributed by atoms with Crippen molar-refractivity contribution in [1.82, 2.24) is 10.2 Å². The summed E-state index contributed by atoms with van der Waals surface area (Å²) in [4.78, 5) is 14.8. The molecule has 0 bridgehead atoms. The van der Waals surface area contributed by atoms with Crippen LogP contribution in [0.4, 0.5) is 0 Å². The molecule has 2 aromatic rings. The Labute approximate surface area is 142 Å². The van der Waals surface area contributed by atoms with Gasteiger partial charge >= 0.3 is 0 Å². The van der Waals surface area contributed by atoms with Gasteiger partial charge in [0.05, 0.1) is 10.6 Å². The third kappa shape index (κ3) is 3.57. The first-order chi connectivity index (χ1) is 11.2. The van der Waals surface area contributed by atoms with Gasteiger partial charge in [0, 0.05) is 19.1 Å². The maximum atomic E-state index is 12.9. The van der Waals surface area contributed by atoms with Gasteiger partial charge in [-0.3, -0.25) is 4.79 Å². The van der Waals surface area contributed by atoms with Crippen LogP contribution in [0.2, 0.25) is 5.02 Å². The van der Waals surface area contributed by atoms with E-state index in [0.29, 0.717) is 16.6 Å². The van der Waals surface area contributed by atoms with E-state index in [2.05, 4.69) is 5.32 Å². The molecule has 120 valence electrons. The highest BCUT2D eigenvalue weighted by molar-refractivity contribution is 6.34. The number of likely N-dealkylation sites (N-methyl/N-ethyl adjacent to an activating group) is 1. The maximum Gasteiger partial charge on any atom is 0.255 e. The summed E-state index contributed by atoms with van der Waals surface area (Å²) < 4.78 is 0. The molecule has 4 heteroatoms. The van der Waals surface area contributed by atoms with E-state index in [4.69, 9.17) is 11.6 Å². The van der Waals surface area contributed by atoms with E-state index in [0.717, 1.165) is 37.1 Å². The Kier molecular flexibility index (Phi) is 4.99. The number of nitrogens with one attached hydrogen (secondary N) is 1. The van der Waals surface area contributed by atoms with E-state index in [1.54, 1.807) is 0 Å². The summed E-state index contributed by atoms with van der Waals surface area (Å²) in [5.41, 5.74) is 2.69. The molecule has 1 amide bonds. The highest BCUT2D eigenvalue weighted by Gasteiger charge is 2.25. The molecule has 0 aromatic heterocycles. The summed E-state index contributed by atoms with van der Waals surface area (Å²) in [6, 6.07) is 16.1. The van der Waals surface area contributed by atoms with Crippen LogP contribution in [0.25, 0.3) is 11.1 Å². The molecule has 1 unspecified atom stereocenters. The SMILES string of the molecule is CNC1CCCN(C(=O)c2cc(-c3ccccc3)ccc2Cl)C1. The normalized spacial score (nSPS) is 18.0. The molecule has 23 heavy (non-hydrogen) atoms. The number of halogens is 1. The molecule has 0 spiro atoms. The van der Waals surface area contributed by atoms with E-state index in [1.165, 1.54) is 0 Å². The molecular weight excluding hydrogens is 308 g/mol. The Morgan fingerprint density at radius 3 is 2.70 bits per heavy atom. The minimum atomic E-state index is 0.0210. The van der Waals surface area contributed by atoms with E-state index in [1.807, 2.05) is 60.5 Å². The number of likely N-dealkylation sites (tertiary alicyclic amines) is 1. The third-order valence-electron chi connectivity index (χ3n) is 4.42. The molecule has 1 N–H and O–H groups in total. The molecule has 2 aromatic carbocycles. The fourth-order valence-electron chi connectivity index (χ4n) is 3.07. The lowest BCUT2D eigenvalue weighted by molar-refractivity contribution is 0.0698. The van der Waals surface area contributed by atoms with Gasteiger partial charge in [0.25, 0.3) is 5.91 Å². The Morgan fingerprint density at radius 1 is 1.17 bits per heavy atom. The minimum absolute atomic E-state index is 0.0210. The van der Waals surface area contributed by atoms with Crippen LogP contribution in [0.3, 0.4) is 0 Å². The Bertz CT molecular complexity index is 687. The average Bonchev–Trinajstić information content (AvgIpc) is 2.62. The van der Waals surface area contributed by atoms with Gasteiger partial charge < -0.3 is 10.2 Å². The van der Waals surface area contributed by atoms with Crippen LogP contribution in [0.5, 0.6) is 0 Å². The van der Waals surface area contributed by atoms with Crippen LogP contribution in [0.15, 0.2) is 48.5 Å². The second-order valence-corrected chi connectivity index (χ2v) is 6.35. The highest BCUT2D eigenvalue weighted by Crippen LogP contribution is 2.27. The second kappa shape index (κ2) is 7.16. The van der Waals surface area contributed by atoms with Gasteiger partial charge in [-0.25, -0.2) is 0 Å². The smallest absolute Gasteiger partial charge is 0.255 e. The van der Waals surface area contributed by atoms with E-state index < -0.39 is 0 Å². The molecule has 0 aliphatic carbocycles. The van der Waals surface area contributed by atoms with Gasteiger partial charge in [-0.15, -0.1) is 0 Å². The van der Waals surface area contributed by atoms with Crippen LogP contribution in [-0.4, -0.2) is 37.0 Å². The molecule has 1 fully saturated rings. The van der Waals surface area contributed by atoms with Crippen molar-refractivity contribution in [1.29, 1.82) is 0 Å². The number of carbonyl (C=O) groups is 1. The fourth-order valence-corrected chi connectivity index (χ4v) is 3.27. The van der Waals surface area contributed by atoms with Crippen molar-refractivity contribution in [2.24, 2.45) is 0 Å². The standard InChI is InChI=1S/C19H21ClN2O/c1-21-16-8-5-11-22(13-16)19(23)17-12-15(9-10-18(17)20)14-6-3-2-4-7-14/h2-4,6-7,9-10,12,16,21H,5,8,11,13H2,1H3. The lowest BCUT2D eigenvalue weighted by Gasteiger charge is -2.32. The van der Waals surface area contributed by atoms with E-state index in [9.17, 15) is 4.79 Å². The summed E-state index contributed by atoms with van der Waals surface area (Å²) in [6.45, 7) is 1.53. The van der Waals surface area contributed by atoms with Crippen LogP contribution >= 0.6 is 11.6 Å². The van der Waals surface area contributed by atoms with Gasteiger partial charge in [-0.1, -0.05) is 48.0 Å². The maximum absolute atomic E-state index is 12.9. The molecule has 1 atom stereocenters. The topological polar surface area (TPSA) is 32.3 Å². The average molecular weight is 329 g/mol. The van der Waals surface area contributed by atoms with Crippen molar-refractivity contribution < 1.29 is 4.79 Å². The summed E-state index contributed by atoms with van der Waals surface area (Å²) in [6.07, 6.45) is 2.13. The van der Waals surface area contributed by atoms with Crippen LogP contribution in [0.1, 0.15) is 23.2 Å². The zero-order chi connectivity index (χ0) is 16.2. The van der Waals surface area contributed by atoms with Gasteiger partial charge in [-0.2, -0.15) is 0 Å². The number of piperidine rings is 1. The van der Waals surface area contributed by atoms with Crippen molar-refractivity contribution in [3.05, 3.63) is 59.1 Å². The summed E-state index contributed by atoms with van der Waals surface area (Å²) in [7, 11) is 1.95. The van der Waals surface area contributed by atoms with Crippen molar-refractivity contribution >= 4 is 17.5 Å².